The van der Waals surface area contributed by atoms with Crippen molar-refractivity contribution >= 4 is 11.8 Å². The molecule has 4 rings (SSSR count). The van der Waals surface area contributed by atoms with Crippen LogP contribution < -0.4 is 10.1 Å². The Hall–Kier alpha value is -3.54. The molecule has 2 heterocycles. The first-order valence-electron chi connectivity index (χ1n) is 10.6. The van der Waals surface area contributed by atoms with E-state index in [4.69, 9.17) is 9.15 Å². The molecule has 3 aromatic rings. The Morgan fingerprint density at radius 2 is 1.81 bits per heavy atom. The van der Waals surface area contributed by atoms with Crippen LogP contribution in [-0.4, -0.2) is 29.8 Å². The van der Waals surface area contributed by atoms with Crippen LogP contribution in [0, 0.1) is 5.92 Å². The SMILES string of the molecule is O=C(NCc1ccco1)C1CCN(C(=O)c2cccc(OCc3ccccc3)c2)CC1. The van der Waals surface area contributed by atoms with Crippen LogP contribution in [-0.2, 0) is 17.9 Å². The molecule has 0 aliphatic carbocycles. The van der Waals surface area contributed by atoms with Gasteiger partial charge < -0.3 is 19.4 Å². The van der Waals surface area contributed by atoms with Crippen LogP contribution >= 0.6 is 0 Å². The number of furan rings is 1. The zero-order chi connectivity index (χ0) is 21.5. The predicted octanol–water partition coefficient (Wildman–Crippen LogP) is 4.03. The van der Waals surface area contributed by atoms with E-state index < -0.39 is 0 Å². The summed E-state index contributed by atoms with van der Waals surface area (Å²) >= 11 is 0. The third kappa shape index (κ3) is 5.54. The number of nitrogens with one attached hydrogen (secondary N) is 1. The Bertz CT molecular complexity index is 993. The fourth-order valence-electron chi connectivity index (χ4n) is 3.72. The van der Waals surface area contributed by atoms with E-state index in [0.29, 0.717) is 50.4 Å². The summed E-state index contributed by atoms with van der Waals surface area (Å²) in [6.45, 7) is 1.97. The lowest BCUT2D eigenvalue weighted by atomic mass is 9.95. The largest absolute Gasteiger partial charge is 0.489 e. The molecule has 1 fully saturated rings. The summed E-state index contributed by atoms with van der Waals surface area (Å²) in [4.78, 5) is 27.2. The van der Waals surface area contributed by atoms with Gasteiger partial charge in [-0.2, -0.15) is 0 Å². The highest BCUT2D eigenvalue weighted by Gasteiger charge is 2.28. The van der Waals surface area contributed by atoms with Gasteiger partial charge in [-0.3, -0.25) is 9.59 Å². The van der Waals surface area contributed by atoms with Crippen molar-refractivity contribution in [3.8, 4) is 5.75 Å². The van der Waals surface area contributed by atoms with Crippen LogP contribution in [0.2, 0.25) is 0 Å². The molecule has 0 spiro atoms. The van der Waals surface area contributed by atoms with Crippen LogP contribution in [0.4, 0.5) is 0 Å². The van der Waals surface area contributed by atoms with Crippen molar-refractivity contribution in [2.45, 2.75) is 26.0 Å². The molecular formula is C25H26N2O4. The van der Waals surface area contributed by atoms with Gasteiger partial charge in [0.1, 0.15) is 18.1 Å². The van der Waals surface area contributed by atoms with Gasteiger partial charge >= 0.3 is 0 Å². The van der Waals surface area contributed by atoms with Crippen molar-refractivity contribution in [3.63, 3.8) is 0 Å². The molecule has 1 aliphatic rings. The summed E-state index contributed by atoms with van der Waals surface area (Å²) in [5.41, 5.74) is 1.68. The predicted molar refractivity (Wildman–Crippen MR) is 116 cm³/mol. The Morgan fingerprint density at radius 3 is 2.55 bits per heavy atom. The number of carbonyl (C=O) groups is 2. The molecule has 6 nitrogen and oxygen atoms in total. The normalized spacial score (nSPS) is 14.3. The van der Waals surface area contributed by atoms with E-state index in [1.54, 1.807) is 24.5 Å². The summed E-state index contributed by atoms with van der Waals surface area (Å²) in [6.07, 6.45) is 2.90. The van der Waals surface area contributed by atoms with Gasteiger partial charge in [0.05, 0.1) is 12.8 Å². The maximum atomic E-state index is 12.9. The van der Waals surface area contributed by atoms with Crippen molar-refractivity contribution in [1.29, 1.82) is 0 Å². The van der Waals surface area contributed by atoms with Crippen LogP contribution in [0.3, 0.4) is 0 Å². The van der Waals surface area contributed by atoms with Crippen molar-refractivity contribution < 1.29 is 18.7 Å². The van der Waals surface area contributed by atoms with Gasteiger partial charge in [-0.15, -0.1) is 0 Å². The average molecular weight is 418 g/mol. The van der Waals surface area contributed by atoms with E-state index in [1.807, 2.05) is 53.4 Å². The highest BCUT2D eigenvalue weighted by molar-refractivity contribution is 5.94. The van der Waals surface area contributed by atoms with Gasteiger partial charge in [-0.05, 0) is 48.7 Å². The van der Waals surface area contributed by atoms with E-state index in [1.165, 1.54) is 0 Å². The molecule has 2 aromatic carbocycles. The number of piperidine rings is 1. The molecule has 160 valence electrons. The number of amides is 2. The van der Waals surface area contributed by atoms with Crippen LogP contribution in [0.15, 0.2) is 77.4 Å². The summed E-state index contributed by atoms with van der Waals surface area (Å²) in [5.74, 6) is 1.30. The molecule has 1 aliphatic heterocycles. The molecule has 1 aromatic heterocycles. The van der Waals surface area contributed by atoms with E-state index in [2.05, 4.69) is 5.32 Å². The third-order valence-electron chi connectivity index (χ3n) is 5.50. The highest BCUT2D eigenvalue weighted by atomic mass is 16.5. The van der Waals surface area contributed by atoms with Crippen molar-refractivity contribution in [2.24, 2.45) is 5.92 Å². The number of benzene rings is 2. The molecule has 1 saturated heterocycles. The highest BCUT2D eigenvalue weighted by Crippen LogP contribution is 2.22. The number of carbonyl (C=O) groups excluding carboxylic acids is 2. The standard InChI is InChI=1S/C25H26N2O4/c28-24(26-17-23-10-5-15-30-23)20-11-13-27(14-12-20)25(29)21-8-4-9-22(16-21)31-18-19-6-2-1-3-7-19/h1-10,15-16,20H,11-14,17-18H2,(H,26,28). The first-order valence-corrected chi connectivity index (χ1v) is 10.6. The molecular weight excluding hydrogens is 392 g/mol. The summed E-state index contributed by atoms with van der Waals surface area (Å²) in [7, 11) is 0. The van der Waals surface area contributed by atoms with Gasteiger partial charge in [0.15, 0.2) is 0 Å². The summed E-state index contributed by atoms with van der Waals surface area (Å²) in [5, 5.41) is 2.91. The molecule has 31 heavy (non-hydrogen) atoms. The fourth-order valence-corrected chi connectivity index (χ4v) is 3.72. The summed E-state index contributed by atoms with van der Waals surface area (Å²) in [6, 6.07) is 20.8. The molecule has 0 unspecified atom stereocenters. The van der Waals surface area contributed by atoms with Gasteiger partial charge in [0.2, 0.25) is 5.91 Å². The van der Waals surface area contributed by atoms with Crippen LogP contribution in [0.1, 0.15) is 34.5 Å². The maximum absolute atomic E-state index is 12.9. The second-order valence-corrected chi connectivity index (χ2v) is 7.67. The molecule has 6 heteroatoms. The lowest BCUT2D eigenvalue weighted by Gasteiger charge is -2.31. The molecule has 2 amide bonds. The smallest absolute Gasteiger partial charge is 0.253 e. The van der Waals surface area contributed by atoms with Crippen LogP contribution in [0.25, 0.3) is 0 Å². The van der Waals surface area contributed by atoms with Gasteiger partial charge in [0, 0.05) is 24.6 Å². The minimum Gasteiger partial charge on any atom is -0.489 e. The van der Waals surface area contributed by atoms with Crippen molar-refractivity contribution in [1.82, 2.24) is 10.2 Å². The zero-order valence-corrected chi connectivity index (χ0v) is 17.3. The maximum Gasteiger partial charge on any atom is 0.253 e. The minimum absolute atomic E-state index is 0.0137. The van der Waals surface area contributed by atoms with Crippen molar-refractivity contribution in [3.05, 3.63) is 89.9 Å². The average Bonchev–Trinajstić information content (AvgIpc) is 3.35. The first kappa shape index (κ1) is 20.7. The number of hydrogen-bond donors (Lipinski definition) is 1. The van der Waals surface area contributed by atoms with E-state index >= 15 is 0 Å². The third-order valence-corrected chi connectivity index (χ3v) is 5.50. The number of ether oxygens (including phenoxy) is 1. The van der Waals surface area contributed by atoms with Gasteiger partial charge in [-0.1, -0.05) is 36.4 Å². The molecule has 0 bridgehead atoms. The van der Waals surface area contributed by atoms with Gasteiger partial charge in [0.25, 0.3) is 5.91 Å². The quantitative estimate of drug-likeness (QED) is 0.629. The Kier molecular flexibility index (Phi) is 6.67. The second-order valence-electron chi connectivity index (χ2n) is 7.67. The van der Waals surface area contributed by atoms with Crippen LogP contribution in [0.5, 0.6) is 5.75 Å². The van der Waals surface area contributed by atoms with E-state index in [0.717, 1.165) is 11.3 Å². The lowest BCUT2D eigenvalue weighted by molar-refractivity contribution is -0.126. The monoisotopic (exact) mass is 418 g/mol. The number of rotatable bonds is 7. The number of likely N-dealkylation sites (tertiary alicyclic amines) is 1. The first-order chi connectivity index (χ1) is 15.2. The topological polar surface area (TPSA) is 71.8 Å². The molecule has 0 atom stereocenters. The number of nitrogens with zero attached hydrogens (tertiary/aromatic N) is 1. The number of hydrogen-bond acceptors (Lipinski definition) is 4. The molecule has 0 radical (unpaired) electrons. The van der Waals surface area contributed by atoms with Gasteiger partial charge in [-0.25, -0.2) is 0 Å². The second kappa shape index (κ2) is 9.98. The fraction of sp³-hybridized carbons (Fsp3) is 0.280. The van der Waals surface area contributed by atoms with Crippen molar-refractivity contribution in [2.75, 3.05) is 13.1 Å². The summed E-state index contributed by atoms with van der Waals surface area (Å²) < 4.78 is 11.1. The molecule has 1 N–H and O–H groups in total. The zero-order valence-electron chi connectivity index (χ0n) is 17.3. The van der Waals surface area contributed by atoms with E-state index in [9.17, 15) is 9.59 Å². The Morgan fingerprint density at radius 1 is 1.00 bits per heavy atom. The lowest BCUT2D eigenvalue weighted by Crippen LogP contribution is -2.42. The minimum atomic E-state index is -0.0837. The van der Waals surface area contributed by atoms with E-state index in [-0.39, 0.29) is 17.7 Å². The Labute approximate surface area is 181 Å². The Balaban J connectivity index is 1.27. The molecule has 0 saturated carbocycles.